The van der Waals surface area contributed by atoms with Crippen molar-refractivity contribution in [3.63, 3.8) is 0 Å². The Bertz CT molecular complexity index is 2070. The molecule has 0 radical (unpaired) electrons. The number of nitrogens with zero attached hydrogens (tertiary/aromatic N) is 4. The number of ether oxygens (including phenoxy) is 2. The number of carbonyl (C=O) groups excluding carboxylic acids is 1. The maximum Gasteiger partial charge on any atom is 0.243 e. The van der Waals surface area contributed by atoms with Crippen molar-refractivity contribution in [3.05, 3.63) is 84.2 Å². The minimum atomic E-state index is -0.823. The van der Waals surface area contributed by atoms with Gasteiger partial charge in [0.05, 0.1) is 53.6 Å². The van der Waals surface area contributed by atoms with Crippen LogP contribution in [0.4, 0.5) is 8.78 Å². The number of aromatic amines is 1. The molecule has 0 fully saturated rings. The van der Waals surface area contributed by atoms with Crippen LogP contribution in [0.5, 0.6) is 5.75 Å². The zero-order valence-electron chi connectivity index (χ0n) is 25.0. The number of aliphatic hydroxyl groups is 1. The van der Waals surface area contributed by atoms with Crippen molar-refractivity contribution in [2.75, 3.05) is 26.9 Å². The zero-order valence-corrected chi connectivity index (χ0v) is 25.8. The average Bonchev–Trinajstić information content (AvgIpc) is 3.81. The van der Waals surface area contributed by atoms with Gasteiger partial charge in [-0.15, -0.1) is 11.3 Å². The van der Waals surface area contributed by atoms with Crippen LogP contribution >= 0.6 is 11.3 Å². The average molecular weight is 645 g/mol. The molecular weight excluding hydrogens is 614 g/mol. The third-order valence-corrected chi connectivity index (χ3v) is 8.44. The van der Waals surface area contributed by atoms with Crippen molar-refractivity contribution in [2.45, 2.75) is 19.5 Å². The summed E-state index contributed by atoms with van der Waals surface area (Å²) in [6, 6.07) is 10.9. The third-order valence-electron chi connectivity index (χ3n) is 7.51. The first kappa shape index (κ1) is 31.0. The predicted molar refractivity (Wildman–Crippen MR) is 172 cm³/mol. The Labute approximate surface area is 266 Å². The van der Waals surface area contributed by atoms with Crippen LogP contribution in [0.3, 0.4) is 0 Å². The first-order valence-corrected chi connectivity index (χ1v) is 15.3. The number of hydrogen-bond acceptors (Lipinski definition) is 8. The fourth-order valence-corrected chi connectivity index (χ4v) is 6.28. The molecule has 13 heteroatoms. The number of imidazole rings is 1. The number of methoxy groups -OCH3 is 1. The van der Waals surface area contributed by atoms with Crippen molar-refractivity contribution < 1.29 is 28.2 Å². The Morgan fingerprint density at radius 3 is 2.80 bits per heavy atom. The van der Waals surface area contributed by atoms with Crippen LogP contribution < -0.4 is 10.1 Å². The van der Waals surface area contributed by atoms with Gasteiger partial charge in [-0.25, -0.2) is 18.7 Å². The molecule has 0 aliphatic heterocycles. The molecule has 1 unspecified atom stereocenters. The van der Waals surface area contributed by atoms with Gasteiger partial charge in [-0.2, -0.15) is 5.10 Å². The molecule has 0 aliphatic carbocycles. The topological polar surface area (TPSA) is 127 Å². The van der Waals surface area contributed by atoms with Gasteiger partial charge in [-0.3, -0.25) is 9.89 Å². The summed E-state index contributed by atoms with van der Waals surface area (Å²) in [6.07, 6.45) is 2.85. The van der Waals surface area contributed by atoms with E-state index in [9.17, 15) is 14.3 Å². The fraction of sp³-hybridized carbons (Fsp3) is 0.212. The van der Waals surface area contributed by atoms with E-state index in [1.807, 2.05) is 34.2 Å². The van der Waals surface area contributed by atoms with E-state index in [0.717, 1.165) is 28.6 Å². The SMILES string of the molecule is C=CC(=O)NC(C)c1cc(-c2nc(-c3ccc4c(c3)ncn4CCO)c3ccsc3c2-c2c(F)cc(F)cc2OCCOC)n[nH]1. The number of thiophene rings is 1. The summed E-state index contributed by atoms with van der Waals surface area (Å²) in [5.41, 5.74) is 4.64. The van der Waals surface area contributed by atoms with Crippen LogP contribution in [0.2, 0.25) is 0 Å². The molecule has 6 rings (SSSR count). The summed E-state index contributed by atoms with van der Waals surface area (Å²) in [5, 5.41) is 22.3. The number of pyridine rings is 1. The molecule has 0 aliphatic rings. The molecule has 0 spiro atoms. The number of rotatable bonds is 12. The van der Waals surface area contributed by atoms with Gasteiger partial charge >= 0.3 is 0 Å². The molecule has 1 amide bonds. The maximum absolute atomic E-state index is 15.9. The van der Waals surface area contributed by atoms with Crippen LogP contribution in [-0.4, -0.2) is 62.7 Å². The van der Waals surface area contributed by atoms with Gasteiger partial charge in [0.25, 0.3) is 0 Å². The number of halogens is 2. The Morgan fingerprint density at radius 1 is 1.17 bits per heavy atom. The molecule has 236 valence electrons. The van der Waals surface area contributed by atoms with E-state index < -0.39 is 17.7 Å². The van der Waals surface area contributed by atoms with Crippen LogP contribution in [0.25, 0.3) is 54.9 Å². The standard InChI is InChI=1S/C33H30F2N6O4S/c1-4-28(43)37-18(2)23-16-25(40-39-23)32-30(29-22(35)14-20(34)15-27(29)45-11-10-44-3)33-21(7-12-46-33)31(38-32)19-5-6-26-24(13-19)36-17-41(26)8-9-42/h4-7,12-18,42H,1,8-11H2,2-3H3,(H,37,43)(H,39,40). The summed E-state index contributed by atoms with van der Waals surface area (Å²) in [4.78, 5) is 21.6. The molecule has 1 atom stereocenters. The highest BCUT2D eigenvalue weighted by atomic mass is 32.1. The van der Waals surface area contributed by atoms with Crippen molar-refractivity contribution in [3.8, 4) is 39.5 Å². The Balaban J connectivity index is 1.60. The van der Waals surface area contributed by atoms with Crippen molar-refractivity contribution >= 4 is 38.4 Å². The van der Waals surface area contributed by atoms with E-state index in [1.54, 1.807) is 19.3 Å². The monoisotopic (exact) mass is 644 g/mol. The summed E-state index contributed by atoms with van der Waals surface area (Å²) < 4.78 is 44.0. The van der Waals surface area contributed by atoms with Gasteiger partial charge in [0, 0.05) is 47.0 Å². The molecule has 2 aromatic carbocycles. The second-order valence-electron chi connectivity index (χ2n) is 10.5. The normalized spacial score (nSPS) is 12.1. The van der Waals surface area contributed by atoms with Gasteiger partial charge in [0.15, 0.2) is 0 Å². The summed E-state index contributed by atoms with van der Waals surface area (Å²) in [5.74, 6) is -1.97. The van der Waals surface area contributed by atoms with Crippen molar-refractivity contribution in [2.24, 2.45) is 0 Å². The summed E-state index contributed by atoms with van der Waals surface area (Å²) >= 11 is 1.38. The highest BCUT2D eigenvalue weighted by Crippen LogP contribution is 2.47. The minimum Gasteiger partial charge on any atom is -0.490 e. The van der Waals surface area contributed by atoms with Crippen LogP contribution in [0.15, 0.2) is 66.8 Å². The lowest BCUT2D eigenvalue weighted by atomic mass is 9.96. The second-order valence-corrected chi connectivity index (χ2v) is 11.4. The smallest absolute Gasteiger partial charge is 0.243 e. The lowest BCUT2D eigenvalue weighted by molar-refractivity contribution is -0.117. The fourth-order valence-electron chi connectivity index (χ4n) is 5.33. The Kier molecular flexibility index (Phi) is 8.88. The molecule has 4 aromatic heterocycles. The van der Waals surface area contributed by atoms with E-state index in [1.165, 1.54) is 24.5 Å². The lowest BCUT2D eigenvalue weighted by Gasteiger charge is -2.17. The molecule has 3 N–H and O–H groups in total. The second kappa shape index (κ2) is 13.2. The van der Waals surface area contributed by atoms with Crippen molar-refractivity contribution in [1.29, 1.82) is 0 Å². The number of nitrogens with one attached hydrogen (secondary N) is 2. The van der Waals surface area contributed by atoms with Gasteiger partial charge < -0.3 is 24.5 Å². The first-order valence-electron chi connectivity index (χ1n) is 14.4. The van der Waals surface area contributed by atoms with Crippen LogP contribution in [0.1, 0.15) is 18.7 Å². The number of aromatic nitrogens is 5. The molecule has 10 nitrogen and oxygen atoms in total. The number of carbonyl (C=O) groups is 1. The molecular formula is C33H30F2N6O4S. The predicted octanol–water partition coefficient (Wildman–Crippen LogP) is 6.03. The van der Waals surface area contributed by atoms with Gasteiger partial charge in [-0.05, 0) is 42.6 Å². The van der Waals surface area contributed by atoms with Gasteiger partial charge in [0.2, 0.25) is 5.91 Å². The molecule has 6 aromatic rings. The summed E-state index contributed by atoms with van der Waals surface area (Å²) in [7, 11) is 1.51. The number of fused-ring (bicyclic) bond motifs is 2. The number of hydrogen-bond donors (Lipinski definition) is 3. The van der Waals surface area contributed by atoms with E-state index in [4.69, 9.17) is 14.5 Å². The highest BCUT2D eigenvalue weighted by molar-refractivity contribution is 7.18. The van der Waals surface area contributed by atoms with Gasteiger partial charge in [0.1, 0.15) is 35.4 Å². The first-order chi connectivity index (χ1) is 22.3. The quantitative estimate of drug-likeness (QED) is 0.110. The molecule has 0 bridgehead atoms. The zero-order chi connectivity index (χ0) is 32.4. The largest absolute Gasteiger partial charge is 0.490 e. The lowest BCUT2D eigenvalue weighted by Crippen LogP contribution is -2.24. The van der Waals surface area contributed by atoms with E-state index in [-0.39, 0.29) is 37.0 Å². The molecule has 4 heterocycles. The van der Waals surface area contributed by atoms with E-state index >= 15 is 4.39 Å². The Morgan fingerprint density at radius 2 is 2.02 bits per heavy atom. The van der Waals surface area contributed by atoms with Gasteiger partial charge in [-0.1, -0.05) is 12.6 Å². The number of benzene rings is 2. The van der Waals surface area contributed by atoms with Crippen LogP contribution in [-0.2, 0) is 16.1 Å². The highest BCUT2D eigenvalue weighted by Gasteiger charge is 2.27. The molecule has 0 saturated carbocycles. The number of aliphatic hydroxyl groups excluding tert-OH is 1. The number of H-pyrrole nitrogens is 1. The molecule has 0 saturated heterocycles. The van der Waals surface area contributed by atoms with E-state index in [0.29, 0.717) is 45.1 Å². The number of amides is 1. The van der Waals surface area contributed by atoms with Crippen LogP contribution in [0, 0.1) is 11.6 Å². The van der Waals surface area contributed by atoms with Crippen molar-refractivity contribution in [1.82, 2.24) is 30.0 Å². The minimum absolute atomic E-state index is 0.00161. The summed E-state index contributed by atoms with van der Waals surface area (Å²) in [6.45, 7) is 5.95. The van der Waals surface area contributed by atoms with E-state index in [2.05, 4.69) is 27.1 Å². The maximum atomic E-state index is 15.9. The third kappa shape index (κ3) is 5.87. The molecule has 46 heavy (non-hydrogen) atoms. The Hall–Kier alpha value is -4.98.